The Kier molecular flexibility index (Phi) is 7.21. The third-order valence-electron chi connectivity index (χ3n) is 8.41. The number of esters is 1. The molecule has 1 N–H and O–H groups in total. The molecule has 0 aromatic carbocycles. The molecule has 3 saturated heterocycles. The largest absolute Gasteiger partial charge is 0.461 e. The lowest BCUT2D eigenvalue weighted by Gasteiger charge is -2.42. The molecular weight excluding hydrogens is 452 g/mol. The van der Waals surface area contributed by atoms with Gasteiger partial charge >= 0.3 is 5.97 Å². The summed E-state index contributed by atoms with van der Waals surface area (Å²) in [5, 5.41) is 10.0. The van der Waals surface area contributed by atoms with Crippen molar-refractivity contribution in [3.63, 3.8) is 0 Å². The van der Waals surface area contributed by atoms with Gasteiger partial charge in [0, 0.05) is 17.3 Å². The highest BCUT2D eigenvalue weighted by Crippen LogP contribution is 2.71. The van der Waals surface area contributed by atoms with Gasteiger partial charge in [0.05, 0.1) is 29.2 Å². The SMILES string of the molecule is C=CCOC(=O)[C@@H]1[C@H]2C(=O)N([C@H](C)CO)C(C(=O)N(CC=C)C3CCCCC3)C23CC[C@@]1(C)S3. The summed E-state index contributed by atoms with van der Waals surface area (Å²) in [6.45, 7) is 11.6. The number of carbonyl (C=O) groups excluding carboxylic acids is 3. The molecule has 4 rings (SSSR count). The van der Waals surface area contributed by atoms with Crippen LogP contribution in [0.1, 0.15) is 58.8 Å². The summed E-state index contributed by atoms with van der Waals surface area (Å²) in [4.78, 5) is 45.0. The van der Waals surface area contributed by atoms with Crippen LogP contribution in [-0.2, 0) is 19.1 Å². The Balaban J connectivity index is 1.75. The summed E-state index contributed by atoms with van der Waals surface area (Å²) in [6.07, 6.45) is 9.97. The van der Waals surface area contributed by atoms with Crippen molar-refractivity contribution in [3.05, 3.63) is 25.3 Å². The summed E-state index contributed by atoms with van der Waals surface area (Å²) in [5.41, 5.74) is 0. The highest BCUT2D eigenvalue weighted by atomic mass is 32.2. The number of fused-ring (bicyclic) bond motifs is 1. The van der Waals surface area contributed by atoms with Crippen molar-refractivity contribution in [2.24, 2.45) is 11.8 Å². The van der Waals surface area contributed by atoms with Crippen LogP contribution in [-0.4, -0.2) is 80.1 Å². The average Bonchev–Trinajstić information content (AvgIpc) is 3.41. The number of likely N-dealkylation sites (tertiary alicyclic amines) is 1. The van der Waals surface area contributed by atoms with E-state index in [1.165, 1.54) is 12.5 Å². The third-order valence-corrected chi connectivity index (χ3v) is 10.4. The Morgan fingerprint density at radius 2 is 1.97 bits per heavy atom. The monoisotopic (exact) mass is 490 g/mol. The highest BCUT2D eigenvalue weighted by Gasteiger charge is 2.78. The summed E-state index contributed by atoms with van der Waals surface area (Å²) in [6, 6.07) is -1.10. The van der Waals surface area contributed by atoms with Gasteiger partial charge in [-0.3, -0.25) is 14.4 Å². The molecule has 0 aromatic rings. The Bertz CT molecular complexity index is 858. The zero-order valence-electron chi connectivity index (χ0n) is 20.4. The summed E-state index contributed by atoms with van der Waals surface area (Å²) in [5.74, 6) is -1.92. The number of thioether (sulfide) groups is 1. The van der Waals surface area contributed by atoms with Crippen LogP contribution in [0.25, 0.3) is 0 Å². The molecule has 1 saturated carbocycles. The Morgan fingerprint density at radius 1 is 1.26 bits per heavy atom. The molecule has 4 aliphatic rings. The van der Waals surface area contributed by atoms with Crippen molar-refractivity contribution in [3.8, 4) is 0 Å². The molecule has 3 heterocycles. The molecule has 0 aromatic heterocycles. The normalized spacial score (nSPS) is 35.7. The lowest BCUT2D eigenvalue weighted by atomic mass is 9.66. The van der Waals surface area contributed by atoms with E-state index in [1.807, 2.05) is 11.8 Å². The molecule has 188 valence electrons. The van der Waals surface area contributed by atoms with E-state index in [0.717, 1.165) is 32.1 Å². The van der Waals surface area contributed by atoms with Crippen LogP contribution in [0.5, 0.6) is 0 Å². The van der Waals surface area contributed by atoms with Gasteiger partial charge in [0.1, 0.15) is 12.6 Å². The fraction of sp³-hybridized carbons (Fsp3) is 0.731. The number of hydrogen-bond donors (Lipinski definition) is 1. The molecule has 1 aliphatic carbocycles. The second-order valence-corrected chi connectivity index (χ2v) is 12.4. The average molecular weight is 491 g/mol. The number of aliphatic hydroxyl groups is 1. The molecule has 34 heavy (non-hydrogen) atoms. The van der Waals surface area contributed by atoms with Crippen LogP contribution in [0.4, 0.5) is 0 Å². The predicted molar refractivity (Wildman–Crippen MR) is 132 cm³/mol. The quantitative estimate of drug-likeness (QED) is 0.395. The standard InChI is InChI=1S/C26H38N2O5S/c1-5-14-27(18-10-8-7-9-11-18)23(31)21-26-13-12-25(4,34-26)20(24(32)33-15-6-2)19(26)22(30)28(21)17(3)16-29/h5-6,17-21,29H,1-2,7-16H2,3-4H3/t17-,19+,20+,21?,25-,26?/m1/s1. The van der Waals surface area contributed by atoms with Crippen molar-refractivity contribution in [2.75, 3.05) is 19.8 Å². The number of nitrogens with zero attached hydrogens (tertiary/aromatic N) is 2. The van der Waals surface area contributed by atoms with Gasteiger partial charge in [0.15, 0.2) is 0 Å². The number of ether oxygens (including phenoxy) is 1. The minimum Gasteiger partial charge on any atom is -0.461 e. The highest BCUT2D eigenvalue weighted by molar-refractivity contribution is 8.02. The van der Waals surface area contributed by atoms with Gasteiger partial charge in [-0.2, -0.15) is 0 Å². The van der Waals surface area contributed by atoms with E-state index in [1.54, 1.807) is 29.7 Å². The van der Waals surface area contributed by atoms with Gasteiger partial charge in [-0.15, -0.1) is 18.3 Å². The lowest BCUT2D eigenvalue weighted by molar-refractivity contribution is -0.155. The fourth-order valence-electron chi connectivity index (χ4n) is 6.90. The lowest BCUT2D eigenvalue weighted by Crippen LogP contribution is -2.58. The van der Waals surface area contributed by atoms with E-state index < -0.39 is 39.4 Å². The first-order chi connectivity index (χ1) is 16.3. The van der Waals surface area contributed by atoms with E-state index in [0.29, 0.717) is 13.0 Å². The minimum atomic E-state index is -0.710. The van der Waals surface area contributed by atoms with Crippen molar-refractivity contribution >= 4 is 29.5 Å². The summed E-state index contributed by atoms with van der Waals surface area (Å²) in [7, 11) is 0. The molecule has 4 fully saturated rings. The van der Waals surface area contributed by atoms with E-state index in [9.17, 15) is 19.5 Å². The Hall–Kier alpha value is -1.80. The molecule has 2 amide bonds. The second kappa shape index (κ2) is 9.69. The van der Waals surface area contributed by atoms with E-state index >= 15 is 0 Å². The second-order valence-electron chi connectivity index (χ2n) is 10.5. The van der Waals surface area contributed by atoms with E-state index in [2.05, 4.69) is 13.2 Å². The molecule has 0 radical (unpaired) electrons. The van der Waals surface area contributed by atoms with Crippen LogP contribution in [0.2, 0.25) is 0 Å². The maximum Gasteiger partial charge on any atom is 0.311 e. The van der Waals surface area contributed by atoms with Gasteiger partial charge < -0.3 is 19.6 Å². The van der Waals surface area contributed by atoms with Crippen molar-refractivity contribution in [2.45, 2.75) is 86.4 Å². The molecule has 6 atom stereocenters. The topological polar surface area (TPSA) is 87.1 Å². The number of aliphatic hydroxyl groups excluding tert-OH is 1. The van der Waals surface area contributed by atoms with Gasteiger partial charge in [0.2, 0.25) is 11.8 Å². The van der Waals surface area contributed by atoms with Crippen LogP contribution in [0, 0.1) is 11.8 Å². The van der Waals surface area contributed by atoms with Crippen LogP contribution in [0.15, 0.2) is 25.3 Å². The maximum absolute atomic E-state index is 14.3. The minimum absolute atomic E-state index is 0.0696. The van der Waals surface area contributed by atoms with Crippen LogP contribution >= 0.6 is 11.8 Å². The van der Waals surface area contributed by atoms with Gasteiger partial charge in [-0.05, 0) is 39.5 Å². The first-order valence-corrected chi connectivity index (χ1v) is 13.4. The molecule has 2 bridgehead atoms. The number of carbonyl (C=O) groups is 3. The third kappa shape index (κ3) is 3.81. The van der Waals surface area contributed by atoms with Gasteiger partial charge in [-0.25, -0.2) is 0 Å². The van der Waals surface area contributed by atoms with Crippen LogP contribution in [0.3, 0.4) is 0 Å². The zero-order valence-corrected chi connectivity index (χ0v) is 21.2. The Morgan fingerprint density at radius 3 is 2.59 bits per heavy atom. The molecule has 3 aliphatic heterocycles. The Labute approximate surface area is 206 Å². The van der Waals surface area contributed by atoms with Crippen molar-refractivity contribution < 1.29 is 24.2 Å². The molecular formula is C26H38N2O5S. The molecule has 1 spiro atoms. The van der Waals surface area contributed by atoms with Crippen molar-refractivity contribution in [1.29, 1.82) is 0 Å². The first-order valence-electron chi connectivity index (χ1n) is 12.6. The summed E-state index contributed by atoms with van der Waals surface area (Å²) >= 11 is 1.63. The van der Waals surface area contributed by atoms with Gasteiger partial charge in [0.25, 0.3) is 0 Å². The van der Waals surface area contributed by atoms with E-state index in [-0.39, 0.29) is 31.1 Å². The maximum atomic E-state index is 14.3. The molecule has 8 heteroatoms. The number of rotatable bonds is 9. The molecule has 7 nitrogen and oxygen atoms in total. The first kappa shape index (κ1) is 25.3. The summed E-state index contributed by atoms with van der Waals surface area (Å²) < 4.78 is 4.29. The van der Waals surface area contributed by atoms with E-state index in [4.69, 9.17) is 4.74 Å². The smallest absolute Gasteiger partial charge is 0.311 e. The number of hydrogen-bond acceptors (Lipinski definition) is 6. The van der Waals surface area contributed by atoms with Crippen LogP contribution < -0.4 is 0 Å². The fourth-order valence-corrected chi connectivity index (χ4v) is 9.23. The molecule has 2 unspecified atom stereocenters. The van der Waals surface area contributed by atoms with Gasteiger partial charge in [-0.1, -0.05) is 38.0 Å². The number of amides is 2. The zero-order chi connectivity index (χ0) is 24.7. The van der Waals surface area contributed by atoms with Crippen molar-refractivity contribution in [1.82, 2.24) is 9.80 Å². The predicted octanol–water partition coefficient (Wildman–Crippen LogP) is 2.93.